The largest absolute Gasteiger partial charge is 2.00 e. The number of carbonyl (C=O) groups is 2. The van der Waals surface area contributed by atoms with E-state index in [4.69, 9.17) is 16.3 Å². The van der Waals surface area contributed by atoms with Crippen molar-refractivity contribution in [2.75, 3.05) is 7.11 Å². The van der Waals surface area contributed by atoms with Crippen LogP contribution in [0, 0.1) is 6.92 Å². The molecule has 1 aromatic heterocycles. The van der Waals surface area contributed by atoms with Gasteiger partial charge in [-0.25, -0.2) is 0 Å². The number of halogens is 1. The SMILES string of the molecule is COc1ccc2c(c1)c(CC(=O)O)c(C)n2C(=O)c1ccc(Cl)cc1.[Cu+2]. The molecule has 0 spiro atoms. The molecule has 3 rings (SSSR count). The maximum absolute atomic E-state index is 13.0. The van der Waals surface area contributed by atoms with Gasteiger partial charge in [-0.3, -0.25) is 14.2 Å². The summed E-state index contributed by atoms with van der Waals surface area (Å²) in [6, 6.07) is 11.9. The third kappa shape index (κ3) is 3.63. The van der Waals surface area contributed by atoms with Gasteiger partial charge in [0, 0.05) is 21.7 Å². The maximum atomic E-state index is 13.0. The summed E-state index contributed by atoms with van der Waals surface area (Å²) in [6.07, 6.45) is -0.170. The van der Waals surface area contributed by atoms with Crippen molar-refractivity contribution in [3.8, 4) is 5.75 Å². The molecule has 1 N–H and O–H groups in total. The van der Waals surface area contributed by atoms with E-state index in [9.17, 15) is 14.7 Å². The van der Waals surface area contributed by atoms with E-state index in [1.807, 2.05) is 0 Å². The minimum atomic E-state index is -0.955. The van der Waals surface area contributed by atoms with Crippen molar-refractivity contribution in [3.05, 3.63) is 64.3 Å². The van der Waals surface area contributed by atoms with Crippen LogP contribution in [0.2, 0.25) is 5.02 Å². The average molecular weight is 421 g/mol. The van der Waals surface area contributed by atoms with Crippen LogP contribution in [0.4, 0.5) is 0 Å². The molecule has 2 aromatic carbocycles. The van der Waals surface area contributed by atoms with Crippen molar-refractivity contribution in [3.63, 3.8) is 0 Å². The van der Waals surface area contributed by atoms with Gasteiger partial charge in [-0.15, -0.1) is 0 Å². The predicted octanol–water partition coefficient (Wildman–Crippen LogP) is 3.92. The van der Waals surface area contributed by atoms with Crippen LogP contribution in [0.3, 0.4) is 0 Å². The van der Waals surface area contributed by atoms with Crippen LogP contribution in [0.25, 0.3) is 10.9 Å². The van der Waals surface area contributed by atoms with Gasteiger partial charge < -0.3 is 9.84 Å². The van der Waals surface area contributed by atoms with Crippen molar-refractivity contribution in [2.24, 2.45) is 0 Å². The quantitative estimate of drug-likeness (QED) is 0.649. The van der Waals surface area contributed by atoms with Crippen LogP contribution in [0.1, 0.15) is 21.6 Å². The van der Waals surface area contributed by atoms with Crippen LogP contribution < -0.4 is 4.74 Å². The Morgan fingerprint density at radius 2 is 1.81 bits per heavy atom. The Bertz CT molecular complexity index is 979. The first-order valence-electron chi connectivity index (χ1n) is 7.62. The van der Waals surface area contributed by atoms with E-state index < -0.39 is 5.97 Å². The Balaban J connectivity index is 0.00000243. The molecule has 0 atom stereocenters. The number of aliphatic carboxylic acids is 1. The molecule has 5 nitrogen and oxygen atoms in total. The normalized spacial score (nSPS) is 10.4. The number of benzene rings is 2. The number of ether oxygens (including phenoxy) is 1. The number of hydrogen-bond donors (Lipinski definition) is 1. The van der Waals surface area contributed by atoms with Crippen molar-refractivity contribution < 1.29 is 36.5 Å². The summed E-state index contributed by atoms with van der Waals surface area (Å²) >= 11 is 5.89. The van der Waals surface area contributed by atoms with Crippen LogP contribution in [-0.4, -0.2) is 28.7 Å². The molecular weight excluding hydrogens is 405 g/mol. The molecule has 0 saturated carbocycles. The zero-order valence-electron chi connectivity index (χ0n) is 14.0. The van der Waals surface area contributed by atoms with Crippen molar-refractivity contribution in [2.45, 2.75) is 13.3 Å². The van der Waals surface area contributed by atoms with Crippen LogP contribution in [-0.2, 0) is 28.3 Å². The van der Waals surface area contributed by atoms with Gasteiger partial charge in [0.1, 0.15) is 5.75 Å². The monoisotopic (exact) mass is 420 g/mol. The van der Waals surface area contributed by atoms with Gasteiger partial charge in [0.2, 0.25) is 0 Å². The second kappa shape index (κ2) is 7.96. The van der Waals surface area contributed by atoms with Gasteiger partial charge in [0.05, 0.1) is 19.0 Å². The van der Waals surface area contributed by atoms with E-state index in [1.165, 1.54) is 4.57 Å². The van der Waals surface area contributed by atoms with Crippen molar-refractivity contribution in [1.82, 2.24) is 4.57 Å². The van der Waals surface area contributed by atoms with E-state index in [2.05, 4.69) is 0 Å². The third-order valence-corrected chi connectivity index (χ3v) is 4.42. The predicted molar refractivity (Wildman–Crippen MR) is 95.7 cm³/mol. The number of hydrogen-bond acceptors (Lipinski definition) is 3. The molecule has 0 unspecified atom stereocenters. The minimum Gasteiger partial charge on any atom is -0.497 e. The Labute approximate surface area is 166 Å². The molecule has 0 fully saturated rings. The molecule has 1 heterocycles. The summed E-state index contributed by atoms with van der Waals surface area (Å²) in [6.45, 7) is 1.75. The van der Waals surface area contributed by atoms with E-state index in [1.54, 1.807) is 56.5 Å². The van der Waals surface area contributed by atoms with Crippen molar-refractivity contribution >= 4 is 34.4 Å². The van der Waals surface area contributed by atoms with Gasteiger partial charge in [-0.05, 0) is 55.0 Å². The Morgan fingerprint density at radius 3 is 2.38 bits per heavy atom. The second-order valence-corrected chi connectivity index (χ2v) is 6.10. The molecule has 0 aliphatic rings. The van der Waals surface area contributed by atoms with E-state index >= 15 is 0 Å². The third-order valence-electron chi connectivity index (χ3n) is 4.16. The topological polar surface area (TPSA) is 68.5 Å². The number of methoxy groups -OCH3 is 1. The van der Waals surface area contributed by atoms with Crippen molar-refractivity contribution in [1.29, 1.82) is 0 Å². The van der Waals surface area contributed by atoms with Crippen LogP contribution >= 0.6 is 11.6 Å². The fraction of sp³-hybridized carbons (Fsp3) is 0.158. The summed E-state index contributed by atoms with van der Waals surface area (Å²) in [7, 11) is 1.54. The zero-order chi connectivity index (χ0) is 18.1. The summed E-state index contributed by atoms with van der Waals surface area (Å²) in [5, 5.41) is 10.5. The van der Waals surface area contributed by atoms with Gasteiger partial charge in [-0.2, -0.15) is 0 Å². The molecule has 26 heavy (non-hydrogen) atoms. The molecule has 137 valence electrons. The summed E-state index contributed by atoms with van der Waals surface area (Å²) in [5.41, 5.74) is 2.32. The standard InChI is InChI=1S/C19H16ClNO4.Cu/c1-11-15(10-18(22)23)16-9-14(25-2)7-8-17(16)21(11)19(24)12-3-5-13(20)6-4-12;/h3-9H,10H2,1-2H3,(H,22,23);/q;+2. The molecule has 7 heteroatoms. The fourth-order valence-electron chi connectivity index (χ4n) is 2.95. The Kier molecular flexibility index (Phi) is 6.13. The maximum Gasteiger partial charge on any atom is 2.00 e. The number of rotatable bonds is 4. The Morgan fingerprint density at radius 1 is 1.15 bits per heavy atom. The number of aromatic nitrogens is 1. The number of fused-ring (bicyclic) bond motifs is 1. The van der Waals surface area contributed by atoms with Crippen LogP contribution in [0.5, 0.6) is 5.75 Å². The minimum absolute atomic E-state index is 0. The van der Waals surface area contributed by atoms with Gasteiger partial charge in [0.25, 0.3) is 5.91 Å². The molecule has 0 bridgehead atoms. The second-order valence-electron chi connectivity index (χ2n) is 5.67. The van der Waals surface area contributed by atoms with Gasteiger partial charge in [-0.1, -0.05) is 11.6 Å². The molecular formula is C19H16ClCuNO4+2. The molecule has 0 amide bonds. The van der Waals surface area contributed by atoms with Gasteiger partial charge >= 0.3 is 23.0 Å². The molecule has 0 aliphatic carbocycles. The van der Waals surface area contributed by atoms with Crippen LogP contribution in [0.15, 0.2) is 42.5 Å². The van der Waals surface area contributed by atoms with Gasteiger partial charge in [0.15, 0.2) is 0 Å². The summed E-state index contributed by atoms with van der Waals surface area (Å²) < 4.78 is 6.77. The number of carboxylic acids is 1. The van der Waals surface area contributed by atoms with E-state index in [0.717, 1.165) is 0 Å². The first-order chi connectivity index (χ1) is 11.9. The number of carbonyl (C=O) groups excluding carboxylic acids is 1. The first kappa shape index (κ1) is 20.0. The average Bonchev–Trinajstić information content (AvgIpc) is 2.86. The number of carboxylic acid groups (broad SMARTS) is 1. The molecule has 0 aliphatic heterocycles. The molecule has 3 aromatic rings. The zero-order valence-corrected chi connectivity index (χ0v) is 15.7. The fourth-order valence-corrected chi connectivity index (χ4v) is 3.07. The Hall–Kier alpha value is -2.27. The summed E-state index contributed by atoms with van der Waals surface area (Å²) in [5.74, 6) is -0.583. The van der Waals surface area contributed by atoms with E-state index in [0.29, 0.717) is 38.5 Å². The number of nitrogens with zero attached hydrogens (tertiary/aromatic N) is 1. The smallest absolute Gasteiger partial charge is 0.497 e. The first-order valence-corrected chi connectivity index (χ1v) is 8.00. The molecule has 0 saturated heterocycles. The summed E-state index contributed by atoms with van der Waals surface area (Å²) in [4.78, 5) is 24.3. The molecule has 1 radical (unpaired) electrons. The van der Waals surface area contributed by atoms with E-state index in [-0.39, 0.29) is 29.4 Å².